The molecule has 15 heavy (non-hydrogen) atoms. The van der Waals surface area contributed by atoms with Crippen LogP contribution >= 0.6 is 12.2 Å². The molecule has 0 spiro atoms. The summed E-state index contributed by atoms with van der Waals surface area (Å²) in [6.45, 7) is 2.17. The minimum atomic E-state index is -0.113. The molecule has 1 saturated carbocycles. The number of hydrogen-bond donors (Lipinski definition) is 1. The Morgan fingerprint density at radius 3 is 2.93 bits per heavy atom. The number of hydrogen-bond acceptors (Lipinski definition) is 2. The molecular weight excluding hydrogens is 208 g/mol. The lowest BCUT2D eigenvalue weighted by atomic mass is 10.1. The zero-order valence-corrected chi connectivity index (χ0v) is 9.72. The standard InChI is InChI=1S/C11H16N2OS/c1-2-9(7-8-3-4-8)13-6-5-10(14)12-11(13)15/h5-6,8-9H,2-4,7H2,1H3,(H,12,14,15). The molecule has 0 amide bonds. The molecule has 82 valence electrons. The first-order valence-electron chi connectivity index (χ1n) is 5.52. The van der Waals surface area contributed by atoms with Gasteiger partial charge in [0.1, 0.15) is 0 Å². The summed E-state index contributed by atoms with van der Waals surface area (Å²) >= 11 is 5.16. The molecule has 4 heteroatoms. The van der Waals surface area contributed by atoms with E-state index in [4.69, 9.17) is 12.2 Å². The number of aromatic nitrogens is 2. The van der Waals surface area contributed by atoms with Gasteiger partial charge in [-0.2, -0.15) is 0 Å². The second-order valence-corrected chi connectivity index (χ2v) is 4.65. The van der Waals surface area contributed by atoms with Gasteiger partial charge in [0, 0.05) is 18.3 Å². The Kier molecular flexibility index (Phi) is 3.05. The molecule has 1 aromatic heterocycles. The molecule has 1 heterocycles. The van der Waals surface area contributed by atoms with Crippen LogP contribution in [-0.4, -0.2) is 9.55 Å². The van der Waals surface area contributed by atoms with Gasteiger partial charge in [-0.05, 0) is 31.0 Å². The summed E-state index contributed by atoms with van der Waals surface area (Å²) in [5, 5.41) is 0. The molecule has 0 aliphatic heterocycles. The van der Waals surface area contributed by atoms with Crippen LogP contribution < -0.4 is 5.56 Å². The van der Waals surface area contributed by atoms with E-state index >= 15 is 0 Å². The van der Waals surface area contributed by atoms with Gasteiger partial charge in [0.25, 0.3) is 5.56 Å². The van der Waals surface area contributed by atoms with E-state index in [1.807, 2.05) is 10.8 Å². The highest BCUT2D eigenvalue weighted by molar-refractivity contribution is 7.71. The third kappa shape index (κ3) is 2.56. The molecule has 0 aromatic carbocycles. The lowest BCUT2D eigenvalue weighted by molar-refractivity contribution is 0.417. The zero-order valence-electron chi connectivity index (χ0n) is 8.90. The number of H-pyrrole nitrogens is 1. The van der Waals surface area contributed by atoms with Crippen LogP contribution in [0.25, 0.3) is 0 Å². The van der Waals surface area contributed by atoms with Gasteiger partial charge in [-0.1, -0.05) is 19.8 Å². The van der Waals surface area contributed by atoms with Crippen LogP contribution in [-0.2, 0) is 0 Å². The molecule has 2 rings (SSSR count). The van der Waals surface area contributed by atoms with E-state index in [1.165, 1.54) is 19.3 Å². The molecule has 0 saturated heterocycles. The van der Waals surface area contributed by atoms with Crippen LogP contribution in [0.5, 0.6) is 0 Å². The minimum absolute atomic E-state index is 0.113. The van der Waals surface area contributed by atoms with Crippen molar-refractivity contribution in [3.8, 4) is 0 Å². The van der Waals surface area contributed by atoms with E-state index in [1.54, 1.807) is 6.07 Å². The molecule has 1 aromatic rings. The first-order chi connectivity index (χ1) is 7.20. The van der Waals surface area contributed by atoms with Crippen molar-refractivity contribution < 1.29 is 0 Å². The average Bonchev–Trinajstić information content (AvgIpc) is 2.99. The largest absolute Gasteiger partial charge is 0.322 e. The fourth-order valence-electron chi connectivity index (χ4n) is 1.93. The Bertz CT molecular complexity index is 444. The van der Waals surface area contributed by atoms with Crippen molar-refractivity contribution in [3.63, 3.8) is 0 Å². The first kappa shape index (κ1) is 10.6. The number of nitrogens with one attached hydrogen (secondary N) is 1. The van der Waals surface area contributed by atoms with Gasteiger partial charge in [-0.25, -0.2) is 0 Å². The predicted octanol–water partition coefficient (Wildman–Crippen LogP) is 2.66. The maximum atomic E-state index is 11.1. The van der Waals surface area contributed by atoms with Crippen molar-refractivity contribution in [1.29, 1.82) is 0 Å². The number of nitrogens with zero attached hydrogens (tertiary/aromatic N) is 1. The van der Waals surface area contributed by atoms with Crippen LogP contribution in [0.2, 0.25) is 0 Å². The van der Waals surface area contributed by atoms with Crippen molar-refractivity contribution in [2.75, 3.05) is 0 Å². The molecule has 1 unspecified atom stereocenters. The molecule has 3 nitrogen and oxygen atoms in total. The van der Waals surface area contributed by atoms with Crippen molar-refractivity contribution >= 4 is 12.2 Å². The monoisotopic (exact) mass is 224 g/mol. The highest BCUT2D eigenvalue weighted by atomic mass is 32.1. The first-order valence-corrected chi connectivity index (χ1v) is 5.93. The van der Waals surface area contributed by atoms with Gasteiger partial charge in [-0.3, -0.25) is 9.78 Å². The Labute approximate surface area is 94.1 Å². The molecule has 1 aliphatic rings. The third-order valence-electron chi connectivity index (χ3n) is 3.02. The fourth-order valence-corrected chi connectivity index (χ4v) is 2.24. The summed E-state index contributed by atoms with van der Waals surface area (Å²) in [4.78, 5) is 13.7. The van der Waals surface area contributed by atoms with Gasteiger partial charge in [0.15, 0.2) is 4.77 Å². The van der Waals surface area contributed by atoms with Crippen LogP contribution in [0, 0.1) is 10.7 Å². The fraction of sp³-hybridized carbons (Fsp3) is 0.636. The lowest BCUT2D eigenvalue weighted by Gasteiger charge is -2.18. The number of aromatic amines is 1. The smallest absolute Gasteiger partial charge is 0.251 e. The second-order valence-electron chi connectivity index (χ2n) is 4.26. The summed E-state index contributed by atoms with van der Waals surface area (Å²) in [7, 11) is 0. The summed E-state index contributed by atoms with van der Waals surface area (Å²) in [6.07, 6.45) is 6.78. The van der Waals surface area contributed by atoms with E-state index in [0.717, 1.165) is 12.3 Å². The second kappa shape index (κ2) is 4.31. The summed E-state index contributed by atoms with van der Waals surface area (Å²) < 4.78 is 2.57. The number of rotatable bonds is 4. The molecule has 1 fully saturated rings. The van der Waals surface area contributed by atoms with E-state index in [9.17, 15) is 4.79 Å². The minimum Gasteiger partial charge on any atom is -0.322 e. The van der Waals surface area contributed by atoms with Gasteiger partial charge in [0.05, 0.1) is 0 Å². The normalized spacial score (nSPS) is 17.7. The molecule has 0 bridgehead atoms. The van der Waals surface area contributed by atoms with Crippen LogP contribution in [0.15, 0.2) is 17.1 Å². The third-order valence-corrected chi connectivity index (χ3v) is 3.33. The maximum absolute atomic E-state index is 11.1. The van der Waals surface area contributed by atoms with Crippen molar-refractivity contribution in [3.05, 3.63) is 27.4 Å². The molecule has 1 N–H and O–H groups in total. The SMILES string of the molecule is CCC(CC1CC1)n1ccc(=O)[nH]c1=S. The quantitative estimate of drug-likeness (QED) is 0.798. The van der Waals surface area contributed by atoms with Gasteiger partial charge < -0.3 is 4.57 Å². The molecule has 1 atom stereocenters. The maximum Gasteiger partial charge on any atom is 0.251 e. The Morgan fingerprint density at radius 1 is 1.67 bits per heavy atom. The Morgan fingerprint density at radius 2 is 2.40 bits per heavy atom. The summed E-state index contributed by atoms with van der Waals surface area (Å²) in [6, 6.07) is 1.99. The van der Waals surface area contributed by atoms with E-state index in [-0.39, 0.29) is 5.56 Å². The van der Waals surface area contributed by atoms with Crippen molar-refractivity contribution in [1.82, 2.24) is 9.55 Å². The Balaban J connectivity index is 2.24. The van der Waals surface area contributed by atoms with Gasteiger partial charge in [0.2, 0.25) is 0 Å². The van der Waals surface area contributed by atoms with Crippen molar-refractivity contribution in [2.24, 2.45) is 5.92 Å². The van der Waals surface area contributed by atoms with Crippen LogP contribution in [0.4, 0.5) is 0 Å². The van der Waals surface area contributed by atoms with Crippen molar-refractivity contribution in [2.45, 2.75) is 38.6 Å². The zero-order chi connectivity index (χ0) is 10.8. The summed E-state index contributed by atoms with van der Waals surface area (Å²) in [5.74, 6) is 0.878. The van der Waals surface area contributed by atoms with Gasteiger partial charge >= 0.3 is 0 Å². The predicted molar refractivity (Wildman–Crippen MR) is 62.6 cm³/mol. The molecule has 0 radical (unpaired) electrons. The van der Waals surface area contributed by atoms with E-state index in [2.05, 4.69) is 11.9 Å². The Hall–Kier alpha value is -0.900. The highest BCUT2D eigenvalue weighted by Gasteiger charge is 2.25. The molecule has 1 aliphatic carbocycles. The lowest BCUT2D eigenvalue weighted by Crippen LogP contribution is -2.16. The van der Waals surface area contributed by atoms with Gasteiger partial charge in [-0.15, -0.1) is 0 Å². The van der Waals surface area contributed by atoms with Crippen LogP contribution in [0.1, 0.15) is 38.6 Å². The van der Waals surface area contributed by atoms with E-state index < -0.39 is 0 Å². The highest BCUT2D eigenvalue weighted by Crippen LogP contribution is 2.37. The summed E-state index contributed by atoms with van der Waals surface area (Å²) in [5.41, 5.74) is -0.113. The molecular formula is C11H16N2OS. The topological polar surface area (TPSA) is 37.8 Å². The average molecular weight is 224 g/mol. The van der Waals surface area contributed by atoms with E-state index in [0.29, 0.717) is 10.8 Å². The van der Waals surface area contributed by atoms with Crippen LogP contribution in [0.3, 0.4) is 0 Å².